The third-order valence-corrected chi connectivity index (χ3v) is 4.10. The standard InChI is InChI=1S/C17H27NO3/c1-4-17(5-2,13-19)12-18-16(20)11-14-7-9-15(10-8-14)21-6-3/h7-10,19H,4-6,11-13H2,1-3H3,(H,18,20). The molecule has 0 spiro atoms. The van der Waals surface area contributed by atoms with Gasteiger partial charge in [-0.05, 0) is 37.5 Å². The normalized spacial score (nSPS) is 11.2. The predicted octanol–water partition coefficient (Wildman–Crippen LogP) is 2.54. The lowest BCUT2D eigenvalue weighted by Gasteiger charge is -2.29. The number of nitrogens with one attached hydrogen (secondary N) is 1. The second-order valence-electron chi connectivity index (χ2n) is 5.40. The Bertz CT molecular complexity index is 416. The van der Waals surface area contributed by atoms with Gasteiger partial charge in [0, 0.05) is 12.0 Å². The van der Waals surface area contributed by atoms with Crippen molar-refractivity contribution in [3.8, 4) is 5.75 Å². The maximum absolute atomic E-state index is 12.0. The molecule has 0 radical (unpaired) electrons. The highest BCUT2D eigenvalue weighted by Gasteiger charge is 2.25. The number of aliphatic hydroxyl groups is 1. The highest BCUT2D eigenvalue weighted by atomic mass is 16.5. The molecule has 0 aliphatic carbocycles. The molecule has 4 heteroatoms. The number of rotatable bonds is 9. The van der Waals surface area contributed by atoms with Gasteiger partial charge in [0.2, 0.25) is 5.91 Å². The molecule has 2 N–H and O–H groups in total. The molecule has 0 fully saturated rings. The van der Waals surface area contributed by atoms with E-state index in [1.54, 1.807) is 0 Å². The topological polar surface area (TPSA) is 58.6 Å². The zero-order chi connectivity index (χ0) is 15.7. The van der Waals surface area contributed by atoms with E-state index in [2.05, 4.69) is 5.32 Å². The second-order valence-corrected chi connectivity index (χ2v) is 5.40. The first kappa shape index (κ1) is 17.5. The van der Waals surface area contributed by atoms with Gasteiger partial charge in [0.1, 0.15) is 5.75 Å². The molecular weight excluding hydrogens is 266 g/mol. The van der Waals surface area contributed by atoms with E-state index in [0.29, 0.717) is 19.6 Å². The second kappa shape index (κ2) is 8.67. The van der Waals surface area contributed by atoms with E-state index in [1.165, 1.54) is 0 Å². The summed E-state index contributed by atoms with van der Waals surface area (Å²) >= 11 is 0. The molecule has 0 unspecified atom stereocenters. The van der Waals surface area contributed by atoms with E-state index in [9.17, 15) is 9.90 Å². The minimum absolute atomic E-state index is 0.0149. The highest BCUT2D eigenvalue weighted by Crippen LogP contribution is 2.24. The molecule has 0 heterocycles. The molecule has 0 aromatic heterocycles. The first-order valence-electron chi connectivity index (χ1n) is 7.68. The molecule has 1 amide bonds. The van der Waals surface area contributed by atoms with Gasteiger partial charge in [-0.15, -0.1) is 0 Å². The Morgan fingerprint density at radius 1 is 1.19 bits per heavy atom. The summed E-state index contributed by atoms with van der Waals surface area (Å²) in [4.78, 5) is 12.0. The van der Waals surface area contributed by atoms with Gasteiger partial charge in [0.05, 0.1) is 19.6 Å². The fourth-order valence-electron chi connectivity index (χ4n) is 2.18. The van der Waals surface area contributed by atoms with Gasteiger partial charge in [-0.3, -0.25) is 4.79 Å². The Morgan fingerprint density at radius 3 is 2.29 bits per heavy atom. The maximum atomic E-state index is 12.0. The summed E-state index contributed by atoms with van der Waals surface area (Å²) in [7, 11) is 0. The van der Waals surface area contributed by atoms with Gasteiger partial charge < -0.3 is 15.2 Å². The molecule has 0 saturated carbocycles. The summed E-state index contributed by atoms with van der Waals surface area (Å²) in [5, 5.41) is 12.4. The lowest BCUT2D eigenvalue weighted by atomic mass is 9.83. The number of amides is 1. The van der Waals surface area contributed by atoms with Crippen LogP contribution >= 0.6 is 0 Å². The lowest BCUT2D eigenvalue weighted by Crippen LogP contribution is -2.39. The van der Waals surface area contributed by atoms with Crippen LogP contribution in [0.25, 0.3) is 0 Å². The molecule has 0 atom stereocenters. The van der Waals surface area contributed by atoms with Crippen molar-refractivity contribution < 1.29 is 14.6 Å². The number of carbonyl (C=O) groups is 1. The summed E-state index contributed by atoms with van der Waals surface area (Å²) in [5.74, 6) is 0.803. The number of hydrogen-bond donors (Lipinski definition) is 2. The summed E-state index contributed by atoms with van der Waals surface area (Å²) in [6.45, 7) is 7.28. The van der Waals surface area contributed by atoms with E-state index in [4.69, 9.17) is 4.74 Å². The Balaban J connectivity index is 2.49. The summed E-state index contributed by atoms with van der Waals surface area (Å²) in [6, 6.07) is 7.57. The van der Waals surface area contributed by atoms with E-state index in [1.807, 2.05) is 45.0 Å². The van der Waals surface area contributed by atoms with Crippen LogP contribution in [0.5, 0.6) is 5.75 Å². The number of carbonyl (C=O) groups excluding carboxylic acids is 1. The van der Waals surface area contributed by atoms with Crippen molar-refractivity contribution in [1.82, 2.24) is 5.32 Å². The highest BCUT2D eigenvalue weighted by molar-refractivity contribution is 5.78. The largest absolute Gasteiger partial charge is 0.494 e. The number of benzene rings is 1. The average molecular weight is 293 g/mol. The van der Waals surface area contributed by atoms with Crippen LogP contribution in [0.4, 0.5) is 0 Å². The summed E-state index contributed by atoms with van der Waals surface area (Å²) in [6.07, 6.45) is 2.05. The molecule has 0 aliphatic heterocycles. The Hall–Kier alpha value is -1.55. The molecule has 118 valence electrons. The fraction of sp³-hybridized carbons (Fsp3) is 0.588. The van der Waals surface area contributed by atoms with E-state index >= 15 is 0 Å². The monoisotopic (exact) mass is 293 g/mol. The molecule has 0 aliphatic rings. The van der Waals surface area contributed by atoms with Crippen molar-refractivity contribution in [2.45, 2.75) is 40.0 Å². The van der Waals surface area contributed by atoms with E-state index in [-0.39, 0.29) is 17.9 Å². The van der Waals surface area contributed by atoms with Crippen molar-refractivity contribution in [1.29, 1.82) is 0 Å². The van der Waals surface area contributed by atoms with Gasteiger partial charge in [0.15, 0.2) is 0 Å². The predicted molar refractivity (Wildman–Crippen MR) is 84.4 cm³/mol. The molecule has 0 bridgehead atoms. The Labute approximate surface area is 127 Å². The van der Waals surface area contributed by atoms with Crippen molar-refractivity contribution in [3.05, 3.63) is 29.8 Å². The molecule has 4 nitrogen and oxygen atoms in total. The van der Waals surface area contributed by atoms with Gasteiger partial charge in [0.25, 0.3) is 0 Å². The third-order valence-electron chi connectivity index (χ3n) is 4.10. The number of hydrogen-bond acceptors (Lipinski definition) is 3. The zero-order valence-electron chi connectivity index (χ0n) is 13.3. The van der Waals surface area contributed by atoms with Crippen LogP contribution in [-0.2, 0) is 11.2 Å². The Morgan fingerprint density at radius 2 is 1.81 bits per heavy atom. The molecule has 21 heavy (non-hydrogen) atoms. The van der Waals surface area contributed by atoms with E-state index < -0.39 is 0 Å². The van der Waals surface area contributed by atoms with Crippen LogP contribution < -0.4 is 10.1 Å². The minimum Gasteiger partial charge on any atom is -0.494 e. The van der Waals surface area contributed by atoms with Crippen molar-refractivity contribution in [2.75, 3.05) is 19.8 Å². The van der Waals surface area contributed by atoms with Gasteiger partial charge in [-0.2, -0.15) is 0 Å². The van der Waals surface area contributed by atoms with Crippen LogP contribution in [0.15, 0.2) is 24.3 Å². The number of aliphatic hydroxyl groups excluding tert-OH is 1. The Kier molecular flexibility index (Phi) is 7.23. The van der Waals surface area contributed by atoms with Crippen LogP contribution in [0.2, 0.25) is 0 Å². The average Bonchev–Trinajstić information content (AvgIpc) is 2.51. The maximum Gasteiger partial charge on any atom is 0.224 e. The molecule has 1 aromatic rings. The van der Waals surface area contributed by atoms with Gasteiger partial charge >= 0.3 is 0 Å². The van der Waals surface area contributed by atoms with Crippen LogP contribution in [-0.4, -0.2) is 30.8 Å². The van der Waals surface area contributed by atoms with Crippen molar-refractivity contribution in [2.24, 2.45) is 5.41 Å². The minimum atomic E-state index is -0.200. The van der Waals surface area contributed by atoms with Gasteiger partial charge in [-0.25, -0.2) is 0 Å². The number of ether oxygens (including phenoxy) is 1. The lowest BCUT2D eigenvalue weighted by molar-refractivity contribution is -0.121. The molecule has 1 aromatic carbocycles. The molecule has 1 rings (SSSR count). The zero-order valence-corrected chi connectivity index (χ0v) is 13.3. The SMILES string of the molecule is CCOc1ccc(CC(=O)NCC(CC)(CC)CO)cc1. The third kappa shape index (κ3) is 5.38. The van der Waals surface area contributed by atoms with Crippen molar-refractivity contribution in [3.63, 3.8) is 0 Å². The molecule has 0 saturated heterocycles. The smallest absolute Gasteiger partial charge is 0.224 e. The molecular formula is C17H27NO3. The van der Waals surface area contributed by atoms with Crippen LogP contribution in [0.3, 0.4) is 0 Å². The fourth-order valence-corrected chi connectivity index (χ4v) is 2.18. The first-order chi connectivity index (χ1) is 10.1. The van der Waals surface area contributed by atoms with Crippen LogP contribution in [0, 0.1) is 5.41 Å². The first-order valence-corrected chi connectivity index (χ1v) is 7.68. The van der Waals surface area contributed by atoms with E-state index in [0.717, 1.165) is 24.2 Å². The van der Waals surface area contributed by atoms with Crippen LogP contribution in [0.1, 0.15) is 39.2 Å². The quantitative estimate of drug-likeness (QED) is 0.735. The van der Waals surface area contributed by atoms with Gasteiger partial charge in [-0.1, -0.05) is 26.0 Å². The van der Waals surface area contributed by atoms with Crippen molar-refractivity contribution >= 4 is 5.91 Å². The summed E-state index contributed by atoms with van der Waals surface area (Å²) < 4.78 is 5.37. The summed E-state index contributed by atoms with van der Waals surface area (Å²) in [5.41, 5.74) is 0.757.